The normalized spacial score (nSPS) is 24.1. The van der Waals surface area contributed by atoms with Crippen LogP contribution in [0.1, 0.15) is 86.7 Å². The number of nitro groups is 2. The highest BCUT2D eigenvalue weighted by Gasteiger charge is 2.56. The van der Waals surface area contributed by atoms with E-state index in [1.54, 1.807) is 97.1 Å². The molecule has 2 aliphatic rings. The summed E-state index contributed by atoms with van der Waals surface area (Å²) in [6.45, 7) is 7.90. The third-order valence-corrected chi connectivity index (χ3v) is 11.7. The average Bonchev–Trinajstić information content (AvgIpc) is 3.88. The largest absolute Gasteiger partial charge is 0.497 e. The van der Waals surface area contributed by atoms with Gasteiger partial charge >= 0.3 is 7.69 Å². The lowest BCUT2D eigenvalue weighted by atomic mass is 9.85. The maximum Gasteiger partial charge on any atom is 0.441 e. The monoisotopic (exact) mass is 864 g/mol. The molecule has 6 rings (SSSR count). The van der Waals surface area contributed by atoms with E-state index in [0.29, 0.717) is 46.6 Å². The Balaban J connectivity index is 1.20. The summed E-state index contributed by atoms with van der Waals surface area (Å²) in [5, 5.41) is 38.2. The van der Waals surface area contributed by atoms with Gasteiger partial charge in [-0.15, -0.1) is 0 Å². The topological polar surface area (TPSA) is 205 Å². The number of hydrogen-bond donors (Lipinski definition) is 4. The van der Waals surface area contributed by atoms with E-state index < -0.39 is 72.4 Å². The van der Waals surface area contributed by atoms with Gasteiger partial charge in [0.05, 0.1) is 26.1 Å². The third kappa shape index (κ3) is 11.4. The number of carbonyl (C=O) groups excluding carboxylic acids is 2. The maximum atomic E-state index is 14.4. The van der Waals surface area contributed by atoms with Gasteiger partial charge < -0.3 is 29.4 Å². The fraction of sp³-hybridized carbons (Fsp3) is 0.435. The molecule has 0 aromatic heterocycles. The Morgan fingerprint density at radius 2 is 0.937 bits per heavy atom. The van der Waals surface area contributed by atoms with Crippen molar-refractivity contribution in [2.24, 2.45) is 11.8 Å². The Bertz CT molecular complexity index is 1980. The van der Waals surface area contributed by atoms with Crippen molar-refractivity contribution >= 4 is 19.5 Å². The van der Waals surface area contributed by atoms with E-state index in [1.165, 1.54) is 14.2 Å². The van der Waals surface area contributed by atoms with Crippen LogP contribution in [0, 0.1) is 32.1 Å². The van der Waals surface area contributed by atoms with Gasteiger partial charge in [-0.25, -0.2) is 0 Å². The summed E-state index contributed by atoms with van der Waals surface area (Å²) in [6.07, 6.45) is -0.954. The van der Waals surface area contributed by atoms with Crippen LogP contribution in [0.15, 0.2) is 109 Å². The van der Waals surface area contributed by atoms with Crippen LogP contribution in [0.2, 0.25) is 0 Å². The van der Waals surface area contributed by atoms with Crippen LogP contribution in [0.5, 0.6) is 11.5 Å². The van der Waals surface area contributed by atoms with Gasteiger partial charge in [-0.2, -0.15) is 0 Å². The Morgan fingerprint density at radius 3 is 1.24 bits per heavy atom. The molecule has 17 heteroatoms. The molecule has 0 bridgehead atoms. The molecule has 0 radical (unpaired) electrons. The second-order valence-electron chi connectivity index (χ2n) is 16.9. The minimum atomic E-state index is -1.17. The van der Waals surface area contributed by atoms with Crippen molar-refractivity contribution in [3.05, 3.63) is 152 Å². The molecule has 2 saturated heterocycles. The number of carbonyl (C=O) groups is 2. The second kappa shape index (κ2) is 21.5. The minimum Gasteiger partial charge on any atom is -0.497 e. The SMILES string of the molecule is COc1ccc(C2C(C(=O)NC(CC(C)C)OBOC(CC(C)C)NC(=O)C3NC(c4ccccc4)C([N+](=O)[O-])C3c3ccc(OC)cc3)NC(c3ccccc3)C2[N+](=O)[O-])cc1. The van der Waals surface area contributed by atoms with Gasteiger partial charge in [0.2, 0.25) is 23.9 Å². The first-order valence-electron chi connectivity index (χ1n) is 21.3. The van der Waals surface area contributed by atoms with E-state index in [4.69, 9.17) is 18.8 Å². The van der Waals surface area contributed by atoms with Crippen LogP contribution in [-0.2, 0) is 18.9 Å². The van der Waals surface area contributed by atoms with Gasteiger partial charge in [-0.05, 0) is 71.2 Å². The highest BCUT2D eigenvalue weighted by atomic mass is 16.6. The predicted molar refractivity (Wildman–Crippen MR) is 237 cm³/mol. The number of benzene rings is 4. The molecule has 0 aliphatic carbocycles. The molecule has 2 aliphatic heterocycles. The van der Waals surface area contributed by atoms with Gasteiger partial charge in [-0.1, -0.05) is 113 Å². The molecular formula is C46H57BN6O10. The highest BCUT2D eigenvalue weighted by molar-refractivity contribution is 6.18. The summed E-state index contributed by atoms with van der Waals surface area (Å²) < 4.78 is 23.1. The van der Waals surface area contributed by atoms with Crippen LogP contribution >= 0.6 is 0 Å². The maximum absolute atomic E-state index is 14.4. The fourth-order valence-electron chi connectivity index (χ4n) is 8.82. The zero-order valence-electron chi connectivity index (χ0n) is 36.4. The van der Waals surface area contributed by atoms with Crippen molar-refractivity contribution in [3.63, 3.8) is 0 Å². The van der Waals surface area contributed by atoms with Gasteiger partial charge in [-0.3, -0.25) is 40.5 Å². The molecule has 10 atom stereocenters. The molecule has 334 valence electrons. The fourth-order valence-corrected chi connectivity index (χ4v) is 8.82. The molecule has 4 aromatic rings. The minimum absolute atomic E-state index is 0.0643. The standard InChI is InChI=1S/C46H57BN6O10/c1-27(2)25-35(48-45(54)41-37(29-17-21-33(60-5)22-18-29)43(52(56)57)39(50-41)31-13-9-7-10-14-31)62-47-63-36(26-28(3)4)49-46(55)42-38(30-19-23-34(61-6)24-20-30)44(53(58)59)40(51-42)32-15-11-8-12-16-32/h7-24,27-28,35-44,47,50-51H,25-26H2,1-6H3,(H,48,54)(H,49,55). The number of ether oxygens (including phenoxy) is 2. The molecule has 63 heavy (non-hydrogen) atoms. The van der Waals surface area contributed by atoms with Gasteiger partial charge in [0, 0.05) is 9.85 Å². The summed E-state index contributed by atoms with van der Waals surface area (Å²) in [5.74, 6) is -1.38. The quantitative estimate of drug-likeness (QED) is 0.0373. The average molecular weight is 865 g/mol. The lowest BCUT2D eigenvalue weighted by molar-refractivity contribution is -0.527. The van der Waals surface area contributed by atoms with E-state index in [1.807, 2.05) is 39.8 Å². The molecule has 16 nitrogen and oxygen atoms in total. The Morgan fingerprint density at radius 1 is 0.587 bits per heavy atom. The number of nitrogens with one attached hydrogen (secondary N) is 4. The summed E-state index contributed by atoms with van der Waals surface area (Å²) in [6, 6.07) is 26.0. The Hall–Kier alpha value is -5.88. The lowest BCUT2D eigenvalue weighted by Gasteiger charge is -2.28. The second-order valence-corrected chi connectivity index (χ2v) is 16.9. The molecule has 2 fully saturated rings. The van der Waals surface area contributed by atoms with Crippen molar-refractivity contribution in [2.75, 3.05) is 14.2 Å². The molecule has 4 aromatic carbocycles. The zero-order chi connectivity index (χ0) is 45.2. The van der Waals surface area contributed by atoms with Crippen LogP contribution < -0.4 is 30.7 Å². The number of rotatable bonds is 20. The number of hydrogen-bond acceptors (Lipinski definition) is 12. The first-order valence-corrected chi connectivity index (χ1v) is 21.3. The molecule has 0 spiro atoms. The van der Waals surface area contributed by atoms with Crippen molar-refractivity contribution in [1.82, 2.24) is 21.3 Å². The van der Waals surface area contributed by atoms with Crippen LogP contribution in [0.25, 0.3) is 0 Å². The first-order chi connectivity index (χ1) is 30.3. The van der Waals surface area contributed by atoms with Crippen molar-refractivity contribution in [3.8, 4) is 11.5 Å². The van der Waals surface area contributed by atoms with Crippen LogP contribution in [-0.4, -0.2) is 80.2 Å². The van der Waals surface area contributed by atoms with Gasteiger partial charge in [0.25, 0.3) is 0 Å². The zero-order valence-corrected chi connectivity index (χ0v) is 36.4. The molecular weight excluding hydrogens is 807 g/mol. The van der Waals surface area contributed by atoms with E-state index >= 15 is 0 Å². The number of methoxy groups -OCH3 is 2. The summed E-state index contributed by atoms with van der Waals surface area (Å²) in [7, 11) is 2.74. The predicted octanol–water partition coefficient (Wildman–Crippen LogP) is 5.56. The van der Waals surface area contributed by atoms with Crippen LogP contribution in [0.3, 0.4) is 0 Å². The van der Waals surface area contributed by atoms with E-state index in [-0.39, 0.29) is 29.4 Å². The number of amides is 2. The Kier molecular flexibility index (Phi) is 15.9. The van der Waals surface area contributed by atoms with Crippen LogP contribution in [0.4, 0.5) is 0 Å². The first kappa shape index (κ1) is 46.6. The van der Waals surface area contributed by atoms with Crippen molar-refractivity contribution in [2.45, 2.75) is 101 Å². The third-order valence-electron chi connectivity index (χ3n) is 11.7. The summed E-state index contributed by atoms with van der Waals surface area (Å²) >= 11 is 0. The van der Waals surface area contributed by atoms with Gasteiger partial charge in [0.15, 0.2) is 0 Å². The van der Waals surface area contributed by atoms with E-state index in [9.17, 15) is 29.8 Å². The van der Waals surface area contributed by atoms with E-state index in [2.05, 4.69) is 21.3 Å². The molecule has 2 amide bonds. The highest BCUT2D eigenvalue weighted by Crippen LogP contribution is 2.42. The molecule has 10 unspecified atom stereocenters. The summed E-state index contributed by atoms with van der Waals surface area (Å²) in [4.78, 5) is 53.7. The molecule has 0 saturated carbocycles. The molecule has 4 N–H and O–H groups in total. The van der Waals surface area contributed by atoms with Crippen molar-refractivity contribution < 1.29 is 38.2 Å². The molecule has 2 heterocycles. The Labute approximate surface area is 368 Å². The van der Waals surface area contributed by atoms with Gasteiger partial charge in [0.1, 0.15) is 48.1 Å². The number of nitrogens with zero attached hydrogens (tertiary/aromatic N) is 2. The lowest BCUT2D eigenvalue weighted by Crippen LogP contribution is -2.51. The van der Waals surface area contributed by atoms with Crippen molar-refractivity contribution in [1.29, 1.82) is 0 Å². The smallest absolute Gasteiger partial charge is 0.441 e. The summed E-state index contributed by atoms with van der Waals surface area (Å²) in [5.41, 5.74) is 2.57. The van der Waals surface area contributed by atoms with E-state index in [0.717, 1.165) is 0 Å².